The van der Waals surface area contributed by atoms with Crippen LogP contribution in [-0.4, -0.2) is 21.4 Å². The zero-order chi connectivity index (χ0) is 10.8. The Morgan fingerprint density at radius 1 is 1.43 bits per heavy atom. The SMILES string of the molecule is CNC(=O)c1cccc(S(=O)(=O)Cl)c1. The second kappa shape index (κ2) is 3.98. The smallest absolute Gasteiger partial charge is 0.261 e. The third kappa shape index (κ3) is 2.46. The van der Waals surface area contributed by atoms with E-state index < -0.39 is 9.05 Å². The zero-order valence-corrected chi connectivity index (χ0v) is 8.89. The topological polar surface area (TPSA) is 63.2 Å². The zero-order valence-electron chi connectivity index (χ0n) is 7.32. The molecule has 1 aromatic rings. The van der Waals surface area contributed by atoms with Gasteiger partial charge < -0.3 is 5.32 Å². The van der Waals surface area contributed by atoms with Crippen LogP contribution in [0.2, 0.25) is 0 Å². The van der Waals surface area contributed by atoms with Gasteiger partial charge in [-0.25, -0.2) is 8.42 Å². The highest BCUT2D eigenvalue weighted by Gasteiger charge is 2.12. The number of benzene rings is 1. The molecule has 1 aromatic carbocycles. The first-order valence-corrected chi connectivity index (χ1v) is 6.03. The number of carbonyl (C=O) groups is 1. The fourth-order valence-corrected chi connectivity index (χ4v) is 1.73. The minimum atomic E-state index is -3.77. The first kappa shape index (κ1) is 11.0. The van der Waals surface area contributed by atoms with Crippen molar-refractivity contribution in [2.24, 2.45) is 0 Å². The third-order valence-corrected chi connectivity index (χ3v) is 2.96. The molecule has 0 heterocycles. The van der Waals surface area contributed by atoms with Crippen molar-refractivity contribution in [1.29, 1.82) is 0 Å². The normalized spacial score (nSPS) is 11.0. The van der Waals surface area contributed by atoms with Gasteiger partial charge in [0.05, 0.1) is 4.90 Å². The minimum absolute atomic E-state index is 0.0831. The van der Waals surface area contributed by atoms with Crippen LogP contribution in [-0.2, 0) is 9.05 Å². The Kier molecular flexibility index (Phi) is 3.13. The lowest BCUT2D eigenvalue weighted by Crippen LogP contribution is -2.17. The Labute approximate surface area is 86.3 Å². The summed E-state index contributed by atoms with van der Waals surface area (Å²) in [7, 11) is 2.81. The number of hydrogen-bond donors (Lipinski definition) is 1. The van der Waals surface area contributed by atoms with Crippen molar-refractivity contribution < 1.29 is 13.2 Å². The Morgan fingerprint density at radius 3 is 2.57 bits per heavy atom. The van der Waals surface area contributed by atoms with Gasteiger partial charge in [0.25, 0.3) is 15.0 Å². The molecule has 6 heteroatoms. The molecule has 76 valence electrons. The van der Waals surface area contributed by atoms with Crippen molar-refractivity contribution in [2.75, 3.05) is 7.05 Å². The summed E-state index contributed by atoms with van der Waals surface area (Å²) < 4.78 is 21.9. The van der Waals surface area contributed by atoms with Gasteiger partial charge >= 0.3 is 0 Å². The fourth-order valence-electron chi connectivity index (χ4n) is 0.933. The summed E-state index contributed by atoms with van der Waals surface area (Å²) in [5, 5.41) is 2.38. The van der Waals surface area contributed by atoms with Gasteiger partial charge in [-0.3, -0.25) is 4.79 Å². The molecule has 0 aromatic heterocycles. The third-order valence-electron chi connectivity index (χ3n) is 1.60. The second-order valence-electron chi connectivity index (χ2n) is 2.54. The van der Waals surface area contributed by atoms with Crippen LogP contribution in [0, 0.1) is 0 Å². The largest absolute Gasteiger partial charge is 0.355 e. The van der Waals surface area contributed by atoms with Gasteiger partial charge in [0.15, 0.2) is 0 Å². The number of carbonyl (C=O) groups excluding carboxylic acids is 1. The summed E-state index contributed by atoms with van der Waals surface area (Å²) >= 11 is 0. The maximum Gasteiger partial charge on any atom is 0.261 e. The van der Waals surface area contributed by atoms with E-state index in [4.69, 9.17) is 10.7 Å². The van der Waals surface area contributed by atoms with Crippen molar-refractivity contribution in [2.45, 2.75) is 4.90 Å². The quantitative estimate of drug-likeness (QED) is 0.775. The van der Waals surface area contributed by atoms with Crippen molar-refractivity contribution in [3.63, 3.8) is 0 Å². The van der Waals surface area contributed by atoms with E-state index in [-0.39, 0.29) is 16.4 Å². The molecule has 0 fully saturated rings. The summed E-state index contributed by atoms with van der Waals surface area (Å²) in [6, 6.07) is 5.51. The van der Waals surface area contributed by atoms with E-state index in [9.17, 15) is 13.2 Å². The van der Waals surface area contributed by atoms with Crippen molar-refractivity contribution in [1.82, 2.24) is 5.32 Å². The van der Waals surface area contributed by atoms with Gasteiger partial charge in [-0.2, -0.15) is 0 Å². The van der Waals surface area contributed by atoms with Gasteiger partial charge in [-0.05, 0) is 18.2 Å². The second-order valence-corrected chi connectivity index (χ2v) is 5.11. The van der Waals surface area contributed by atoms with E-state index >= 15 is 0 Å². The molecule has 0 saturated heterocycles. The van der Waals surface area contributed by atoms with E-state index in [1.165, 1.54) is 31.3 Å². The van der Waals surface area contributed by atoms with Crippen LogP contribution in [0.15, 0.2) is 29.2 Å². The summed E-state index contributed by atoms with van der Waals surface area (Å²) in [6.45, 7) is 0. The molecule has 14 heavy (non-hydrogen) atoms. The maximum absolute atomic E-state index is 11.1. The number of rotatable bonds is 2. The first-order chi connectivity index (χ1) is 6.45. The van der Waals surface area contributed by atoms with Crippen LogP contribution < -0.4 is 5.32 Å². The molecule has 0 bridgehead atoms. The maximum atomic E-state index is 11.1. The van der Waals surface area contributed by atoms with E-state index in [0.29, 0.717) is 0 Å². The fraction of sp³-hybridized carbons (Fsp3) is 0.125. The highest BCUT2D eigenvalue weighted by molar-refractivity contribution is 8.13. The highest BCUT2D eigenvalue weighted by Crippen LogP contribution is 2.15. The van der Waals surface area contributed by atoms with Gasteiger partial charge in [0, 0.05) is 23.3 Å². The van der Waals surface area contributed by atoms with Crippen LogP contribution in [0.25, 0.3) is 0 Å². The predicted molar refractivity (Wildman–Crippen MR) is 52.9 cm³/mol. The average Bonchev–Trinajstić information content (AvgIpc) is 2.15. The Bertz CT molecular complexity index is 455. The molecule has 0 atom stereocenters. The van der Waals surface area contributed by atoms with E-state index in [2.05, 4.69) is 5.32 Å². The van der Waals surface area contributed by atoms with Crippen LogP contribution in [0.4, 0.5) is 0 Å². The van der Waals surface area contributed by atoms with Gasteiger partial charge in [-0.15, -0.1) is 0 Å². The molecule has 1 amide bonds. The first-order valence-electron chi connectivity index (χ1n) is 3.72. The van der Waals surface area contributed by atoms with Crippen molar-refractivity contribution in [3.8, 4) is 0 Å². The average molecular weight is 234 g/mol. The lowest BCUT2D eigenvalue weighted by Gasteiger charge is -2.00. The van der Waals surface area contributed by atoms with E-state index in [0.717, 1.165) is 0 Å². The molecule has 0 unspecified atom stereocenters. The monoisotopic (exact) mass is 233 g/mol. The van der Waals surface area contributed by atoms with E-state index in [1.54, 1.807) is 0 Å². The Morgan fingerprint density at radius 2 is 2.07 bits per heavy atom. The van der Waals surface area contributed by atoms with Crippen LogP contribution in [0.5, 0.6) is 0 Å². The predicted octanol–water partition coefficient (Wildman–Crippen LogP) is 0.974. The molecule has 1 N–H and O–H groups in total. The van der Waals surface area contributed by atoms with Gasteiger partial charge in [0.1, 0.15) is 0 Å². The summed E-state index contributed by atoms with van der Waals surface area (Å²) in [5.41, 5.74) is 0.259. The molecule has 4 nitrogen and oxygen atoms in total. The molecule has 0 aliphatic heterocycles. The highest BCUT2D eigenvalue weighted by atomic mass is 35.7. The number of amides is 1. The number of nitrogens with one attached hydrogen (secondary N) is 1. The summed E-state index contributed by atoms with van der Waals surface area (Å²) in [6.07, 6.45) is 0. The molecular weight excluding hydrogens is 226 g/mol. The summed E-state index contributed by atoms with van der Waals surface area (Å²) in [5.74, 6) is -0.354. The van der Waals surface area contributed by atoms with E-state index in [1.807, 2.05) is 0 Å². The summed E-state index contributed by atoms with van der Waals surface area (Å²) in [4.78, 5) is 11.1. The lowest BCUT2D eigenvalue weighted by atomic mass is 10.2. The molecule has 0 saturated carbocycles. The van der Waals surface area contributed by atoms with Crippen LogP contribution in [0.3, 0.4) is 0 Å². The molecular formula is C8H8ClNO3S. The molecule has 0 spiro atoms. The number of halogens is 1. The molecule has 0 aliphatic carbocycles. The molecule has 0 radical (unpaired) electrons. The Balaban J connectivity index is 3.21. The van der Waals surface area contributed by atoms with Crippen molar-refractivity contribution >= 4 is 25.6 Å². The standard InChI is InChI=1S/C8H8ClNO3S/c1-10-8(11)6-3-2-4-7(5-6)14(9,12)13/h2-5H,1H3,(H,10,11). The number of hydrogen-bond acceptors (Lipinski definition) is 3. The molecule has 1 rings (SSSR count). The van der Waals surface area contributed by atoms with Gasteiger partial charge in [0.2, 0.25) is 0 Å². The van der Waals surface area contributed by atoms with Crippen LogP contribution in [0.1, 0.15) is 10.4 Å². The van der Waals surface area contributed by atoms with Gasteiger partial charge in [-0.1, -0.05) is 6.07 Å². The molecule has 0 aliphatic rings. The lowest BCUT2D eigenvalue weighted by molar-refractivity contribution is 0.0963. The minimum Gasteiger partial charge on any atom is -0.355 e. The Hall–Kier alpha value is -1.07. The van der Waals surface area contributed by atoms with Crippen LogP contribution >= 0.6 is 10.7 Å². The van der Waals surface area contributed by atoms with Crippen molar-refractivity contribution in [3.05, 3.63) is 29.8 Å².